The Labute approximate surface area is 117 Å². The van der Waals surface area contributed by atoms with Crippen molar-refractivity contribution in [1.82, 2.24) is 10.2 Å². The van der Waals surface area contributed by atoms with E-state index in [-0.39, 0.29) is 0 Å². The third-order valence-electron chi connectivity index (χ3n) is 5.19. The van der Waals surface area contributed by atoms with Crippen LogP contribution in [0.2, 0.25) is 5.82 Å². The largest absolute Gasteiger partial charge is 0.353 e. The highest BCUT2D eigenvalue weighted by Crippen LogP contribution is 2.37. The second-order valence-electron chi connectivity index (χ2n) is 6.64. The summed E-state index contributed by atoms with van der Waals surface area (Å²) in [5.74, 6) is 1.72. The van der Waals surface area contributed by atoms with Crippen molar-refractivity contribution in [1.29, 1.82) is 0 Å². The van der Waals surface area contributed by atoms with Gasteiger partial charge in [-0.1, -0.05) is 24.7 Å². The van der Waals surface area contributed by atoms with Crippen molar-refractivity contribution in [3.63, 3.8) is 0 Å². The highest BCUT2D eigenvalue weighted by Gasteiger charge is 2.42. The number of nitrogens with zero attached hydrogens (tertiary/aromatic N) is 1. The summed E-state index contributed by atoms with van der Waals surface area (Å²) in [4.78, 5) is 2.44. The van der Waals surface area contributed by atoms with Crippen LogP contribution in [0.15, 0.2) is 23.9 Å². The average Bonchev–Trinajstić information content (AvgIpc) is 2.77. The molecular formula is C15H26BN3. The predicted molar refractivity (Wildman–Crippen MR) is 82.5 cm³/mol. The minimum absolute atomic E-state index is 0.363. The molecule has 1 aliphatic carbocycles. The Morgan fingerprint density at radius 1 is 1.37 bits per heavy atom. The summed E-state index contributed by atoms with van der Waals surface area (Å²) >= 11 is 0. The third kappa shape index (κ3) is 2.48. The highest BCUT2D eigenvalue weighted by molar-refractivity contribution is 6.11. The van der Waals surface area contributed by atoms with Gasteiger partial charge in [-0.25, -0.2) is 0 Å². The summed E-state index contributed by atoms with van der Waals surface area (Å²) in [6.45, 7) is 2.91. The Morgan fingerprint density at radius 3 is 2.79 bits per heavy atom. The summed E-state index contributed by atoms with van der Waals surface area (Å²) in [7, 11) is 2.39. The maximum absolute atomic E-state index is 6.08. The lowest BCUT2D eigenvalue weighted by molar-refractivity contribution is 0.238. The SMILES string of the molecule is BC1CCC(C2NC3C=CC(C)=CN3C2CN)CC1. The van der Waals surface area contributed by atoms with Gasteiger partial charge in [0, 0.05) is 18.8 Å². The van der Waals surface area contributed by atoms with E-state index in [0.717, 1.165) is 18.3 Å². The summed E-state index contributed by atoms with van der Waals surface area (Å²) in [5.41, 5.74) is 7.40. The number of hydrogen-bond acceptors (Lipinski definition) is 3. The Kier molecular flexibility index (Phi) is 3.72. The van der Waals surface area contributed by atoms with E-state index in [1.165, 1.54) is 31.3 Å². The Hall–Kier alpha value is -0.735. The van der Waals surface area contributed by atoms with Gasteiger partial charge >= 0.3 is 0 Å². The number of nitrogens with one attached hydrogen (secondary N) is 1. The van der Waals surface area contributed by atoms with E-state index >= 15 is 0 Å². The summed E-state index contributed by atoms with van der Waals surface area (Å²) in [6, 6.07) is 1.03. The van der Waals surface area contributed by atoms with Crippen molar-refractivity contribution in [3.05, 3.63) is 23.9 Å². The van der Waals surface area contributed by atoms with Gasteiger partial charge in [-0.2, -0.15) is 0 Å². The second kappa shape index (κ2) is 5.33. The van der Waals surface area contributed by atoms with Gasteiger partial charge in [0.25, 0.3) is 0 Å². The number of fused-ring (bicyclic) bond motifs is 1. The fraction of sp³-hybridized carbons (Fsp3) is 0.733. The van der Waals surface area contributed by atoms with Crippen LogP contribution in [-0.2, 0) is 0 Å². The molecule has 3 atom stereocenters. The second-order valence-corrected chi connectivity index (χ2v) is 6.64. The fourth-order valence-electron chi connectivity index (χ4n) is 4.00. The fourth-order valence-corrected chi connectivity index (χ4v) is 4.00. The first-order valence-electron chi connectivity index (χ1n) is 7.79. The zero-order valence-electron chi connectivity index (χ0n) is 12.2. The molecule has 0 aromatic carbocycles. The molecule has 0 aromatic heterocycles. The molecular weight excluding hydrogens is 233 g/mol. The molecule has 0 amide bonds. The number of allylic oxidation sites excluding steroid dienone is 2. The van der Waals surface area contributed by atoms with Crippen LogP contribution in [0.25, 0.3) is 0 Å². The van der Waals surface area contributed by atoms with E-state index in [9.17, 15) is 0 Å². The molecule has 3 aliphatic rings. The van der Waals surface area contributed by atoms with E-state index < -0.39 is 0 Å². The predicted octanol–water partition coefficient (Wildman–Crippen LogP) is 0.999. The van der Waals surface area contributed by atoms with Gasteiger partial charge in [-0.15, -0.1) is 0 Å². The van der Waals surface area contributed by atoms with Gasteiger partial charge in [0.05, 0.1) is 12.2 Å². The molecule has 0 aromatic rings. The summed E-state index contributed by atoms with van der Waals surface area (Å²) < 4.78 is 0. The highest BCUT2D eigenvalue weighted by atomic mass is 15.4. The molecule has 19 heavy (non-hydrogen) atoms. The quantitative estimate of drug-likeness (QED) is 0.727. The molecule has 1 saturated heterocycles. The van der Waals surface area contributed by atoms with Crippen LogP contribution in [0.1, 0.15) is 32.6 Å². The lowest BCUT2D eigenvalue weighted by atomic mass is 9.69. The number of rotatable bonds is 2. The molecule has 2 fully saturated rings. The first kappa shape index (κ1) is 13.3. The topological polar surface area (TPSA) is 41.3 Å². The maximum atomic E-state index is 6.08. The van der Waals surface area contributed by atoms with Crippen LogP contribution in [0.5, 0.6) is 0 Å². The number of nitrogens with two attached hydrogens (primary N) is 1. The molecule has 2 aliphatic heterocycles. The van der Waals surface area contributed by atoms with Crippen LogP contribution < -0.4 is 11.1 Å². The molecule has 4 heteroatoms. The van der Waals surface area contributed by atoms with Crippen molar-refractivity contribution in [3.8, 4) is 0 Å². The van der Waals surface area contributed by atoms with Crippen molar-refractivity contribution in [2.45, 2.75) is 56.7 Å². The normalized spacial score (nSPS) is 42.1. The molecule has 3 rings (SSSR count). The van der Waals surface area contributed by atoms with Crippen LogP contribution >= 0.6 is 0 Å². The molecule has 1 saturated carbocycles. The molecule has 104 valence electrons. The lowest BCUT2D eigenvalue weighted by Gasteiger charge is -2.35. The molecule has 0 bridgehead atoms. The molecule has 0 spiro atoms. The van der Waals surface area contributed by atoms with Gasteiger partial charge in [-0.3, -0.25) is 5.32 Å². The molecule has 0 radical (unpaired) electrons. The monoisotopic (exact) mass is 259 g/mol. The molecule has 3 nitrogen and oxygen atoms in total. The standard InChI is InChI=1S/C15H26BN3/c1-10-2-7-14-18-15(13(8-17)19(14)9-10)11-3-5-12(16)6-4-11/h2,7,9,11-15,18H,3-6,8,16-17H2,1H3. The third-order valence-corrected chi connectivity index (χ3v) is 5.19. The first-order valence-corrected chi connectivity index (χ1v) is 7.79. The Bertz CT molecular complexity index is 385. The van der Waals surface area contributed by atoms with Crippen molar-refractivity contribution >= 4 is 7.85 Å². The summed E-state index contributed by atoms with van der Waals surface area (Å²) in [6.07, 6.45) is 12.6. The van der Waals surface area contributed by atoms with E-state index in [1.807, 2.05) is 0 Å². The lowest BCUT2D eigenvalue weighted by Crippen LogP contribution is -2.45. The van der Waals surface area contributed by atoms with Gasteiger partial charge < -0.3 is 10.6 Å². The van der Waals surface area contributed by atoms with Gasteiger partial charge in [0.1, 0.15) is 7.85 Å². The van der Waals surface area contributed by atoms with Gasteiger partial charge in [-0.05, 0) is 37.3 Å². The van der Waals surface area contributed by atoms with Crippen LogP contribution in [0.4, 0.5) is 0 Å². The van der Waals surface area contributed by atoms with Crippen LogP contribution in [-0.4, -0.2) is 37.5 Å². The molecule has 2 heterocycles. The minimum Gasteiger partial charge on any atom is -0.353 e. The zero-order valence-corrected chi connectivity index (χ0v) is 12.2. The Balaban J connectivity index is 1.74. The van der Waals surface area contributed by atoms with Crippen LogP contribution in [0, 0.1) is 5.92 Å². The number of hydrogen-bond donors (Lipinski definition) is 2. The van der Waals surface area contributed by atoms with E-state index in [0.29, 0.717) is 18.2 Å². The summed E-state index contributed by atoms with van der Waals surface area (Å²) in [5, 5.41) is 3.81. The van der Waals surface area contributed by atoms with E-state index in [4.69, 9.17) is 5.73 Å². The van der Waals surface area contributed by atoms with Gasteiger partial charge in [0.15, 0.2) is 0 Å². The van der Waals surface area contributed by atoms with Crippen molar-refractivity contribution in [2.75, 3.05) is 6.54 Å². The first-order chi connectivity index (χ1) is 9.19. The van der Waals surface area contributed by atoms with E-state index in [2.05, 4.69) is 43.3 Å². The maximum Gasteiger partial charge on any atom is 0.105 e. The van der Waals surface area contributed by atoms with Gasteiger partial charge in [0.2, 0.25) is 0 Å². The Morgan fingerprint density at radius 2 is 2.11 bits per heavy atom. The average molecular weight is 259 g/mol. The van der Waals surface area contributed by atoms with Crippen molar-refractivity contribution in [2.24, 2.45) is 11.7 Å². The molecule has 3 unspecified atom stereocenters. The van der Waals surface area contributed by atoms with Crippen molar-refractivity contribution < 1.29 is 0 Å². The zero-order chi connectivity index (χ0) is 13.4. The minimum atomic E-state index is 0.363. The smallest absolute Gasteiger partial charge is 0.105 e. The molecule has 3 N–H and O–H groups in total. The van der Waals surface area contributed by atoms with Crippen LogP contribution in [0.3, 0.4) is 0 Å². The van der Waals surface area contributed by atoms with E-state index in [1.54, 1.807) is 0 Å².